The zero-order chi connectivity index (χ0) is 22.6. The van der Waals surface area contributed by atoms with Crippen molar-refractivity contribution in [3.05, 3.63) is 77.2 Å². The van der Waals surface area contributed by atoms with E-state index in [2.05, 4.69) is 39.2 Å². The molecule has 1 aliphatic rings. The molecule has 1 aromatic carbocycles. The third-order valence-corrected chi connectivity index (χ3v) is 7.12. The van der Waals surface area contributed by atoms with E-state index in [1.165, 1.54) is 4.88 Å². The van der Waals surface area contributed by atoms with Gasteiger partial charge in [0.05, 0.1) is 5.56 Å². The summed E-state index contributed by atoms with van der Waals surface area (Å²) in [4.78, 5) is 29.4. The van der Waals surface area contributed by atoms with Gasteiger partial charge in [-0.2, -0.15) is 0 Å². The van der Waals surface area contributed by atoms with E-state index in [1.54, 1.807) is 40.5 Å². The second kappa shape index (κ2) is 9.65. The Hall–Kier alpha value is -2.66. The minimum Gasteiger partial charge on any atom is -0.331 e. The van der Waals surface area contributed by atoms with Crippen LogP contribution in [0.3, 0.4) is 0 Å². The summed E-state index contributed by atoms with van der Waals surface area (Å²) in [6, 6.07) is 9.11. The van der Waals surface area contributed by atoms with Crippen LogP contribution in [0.25, 0.3) is 0 Å². The average Bonchev–Trinajstić information content (AvgIpc) is 3.10. The van der Waals surface area contributed by atoms with Crippen molar-refractivity contribution in [3.63, 3.8) is 0 Å². The van der Waals surface area contributed by atoms with Crippen molar-refractivity contribution in [3.8, 4) is 0 Å². The first-order valence-electron chi connectivity index (χ1n) is 10.8. The zero-order valence-corrected chi connectivity index (χ0v) is 19.6. The van der Waals surface area contributed by atoms with E-state index in [-0.39, 0.29) is 17.2 Å². The SMILES string of the molecule is C=CCN(CC=C)C(=O)c1c(NC(=O)c2ccccc2)sc2c1CCC(C(C)(C)C)C2. The first kappa shape index (κ1) is 23.0. The van der Waals surface area contributed by atoms with Crippen LogP contribution in [0.4, 0.5) is 5.00 Å². The predicted octanol–water partition coefficient (Wildman–Crippen LogP) is 5.97. The third kappa shape index (κ3) is 5.16. The number of benzene rings is 1. The molecule has 1 unspecified atom stereocenters. The van der Waals surface area contributed by atoms with Gasteiger partial charge in [0.2, 0.25) is 0 Å². The molecule has 1 heterocycles. The number of hydrogen-bond acceptors (Lipinski definition) is 3. The minimum absolute atomic E-state index is 0.0742. The van der Waals surface area contributed by atoms with E-state index in [1.807, 2.05) is 18.2 Å². The number of carbonyl (C=O) groups excluding carboxylic acids is 2. The van der Waals surface area contributed by atoms with Crippen molar-refractivity contribution >= 4 is 28.2 Å². The maximum atomic E-state index is 13.6. The highest BCUT2D eigenvalue weighted by Crippen LogP contribution is 2.44. The Labute approximate surface area is 189 Å². The van der Waals surface area contributed by atoms with Crippen molar-refractivity contribution in [2.24, 2.45) is 11.3 Å². The molecule has 1 aliphatic carbocycles. The molecule has 2 amide bonds. The van der Waals surface area contributed by atoms with E-state index in [0.717, 1.165) is 24.8 Å². The van der Waals surface area contributed by atoms with Crippen molar-refractivity contribution < 1.29 is 9.59 Å². The standard InChI is InChI=1S/C26H32N2O2S/c1-6-15-28(16-7-2)25(30)22-20-14-13-19(26(3,4)5)17-21(20)31-24(22)27-23(29)18-11-9-8-10-12-18/h6-12,19H,1-2,13-17H2,3-5H3,(H,27,29). The van der Waals surface area contributed by atoms with Gasteiger partial charge in [-0.25, -0.2) is 0 Å². The molecule has 1 atom stereocenters. The van der Waals surface area contributed by atoms with E-state index in [4.69, 9.17) is 0 Å². The molecule has 31 heavy (non-hydrogen) atoms. The highest BCUT2D eigenvalue weighted by atomic mass is 32.1. The number of nitrogens with one attached hydrogen (secondary N) is 1. The topological polar surface area (TPSA) is 49.4 Å². The molecule has 0 aliphatic heterocycles. The first-order valence-corrected chi connectivity index (χ1v) is 11.6. The average molecular weight is 437 g/mol. The number of hydrogen-bond donors (Lipinski definition) is 1. The second-order valence-electron chi connectivity index (χ2n) is 9.12. The molecule has 0 saturated heterocycles. The number of carbonyl (C=O) groups is 2. The maximum absolute atomic E-state index is 13.6. The third-order valence-electron chi connectivity index (χ3n) is 5.95. The fourth-order valence-corrected chi connectivity index (χ4v) is 5.43. The molecule has 0 saturated carbocycles. The molecule has 0 radical (unpaired) electrons. The van der Waals surface area contributed by atoms with Gasteiger partial charge in [0.15, 0.2) is 0 Å². The molecular formula is C26H32N2O2S. The van der Waals surface area contributed by atoms with Crippen LogP contribution in [0.15, 0.2) is 55.6 Å². The molecule has 0 spiro atoms. The van der Waals surface area contributed by atoms with E-state index < -0.39 is 0 Å². The quantitative estimate of drug-likeness (QED) is 0.544. The van der Waals surface area contributed by atoms with Gasteiger partial charge >= 0.3 is 0 Å². The van der Waals surface area contributed by atoms with Crippen molar-refractivity contribution in [1.82, 2.24) is 4.90 Å². The number of rotatable bonds is 7. The lowest BCUT2D eigenvalue weighted by Gasteiger charge is -2.34. The lowest BCUT2D eigenvalue weighted by Crippen LogP contribution is -2.33. The van der Waals surface area contributed by atoms with Crippen LogP contribution in [0.5, 0.6) is 0 Å². The Morgan fingerprint density at radius 3 is 2.39 bits per heavy atom. The van der Waals surface area contributed by atoms with Crippen LogP contribution in [0.1, 0.15) is 58.3 Å². The zero-order valence-electron chi connectivity index (χ0n) is 18.7. The smallest absolute Gasteiger partial charge is 0.257 e. The molecule has 0 bridgehead atoms. The predicted molar refractivity (Wildman–Crippen MR) is 130 cm³/mol. The number of fused-ring (bicyclic) bond motifs is 1. The minimum atomic E-state index is -0.195. The Balaban J connectivity index is 2.01. The number of amides is 2. The fraction of sp³-hybridized carbons (Fsp3) is 0.385. The van der Waals surface area contributed by atoms with Crippen LogP contribution in [0, 0.1) is 11.3 Å². The molecular weight excluding hydrogens is 404 g/mol. The van der Waals surface area contributed by atoms with Crippen LogP contribution in [-0.4, -0.2) is 29.8 Å². The molecule has 4 nitrogen and oxygen atoms in total. The van der Waals surface area contributed by atoms with Gasteiger partial charge in [-0.15, -0.1) is 24.5 Å². The van der Waals surface area contributed by atoms with Gasteiger partial charge in [-0.05, 0) is 48.3 Å². The summed E-state index contributed by atoms with van der Waals surface area (Å²) in [5.41, 5.74) is 2.52. The Morgan fingerprint density at radius 1 is 1.16 bits per heavy atom. The van der Waals surface area contributed by atoms with Gasteiger partial charge < -0.3 is 10.2 Å². The fourth-order valence-electron chi connectivity index (χ4n) is 4.11. The van der Waals surface area contributed by atoms with Gasteiger partial charge in [-0.3, -0.25) is 9.59 Å². The number of anilines is 1. The summed E-state index contributed by atoms with van der Waals surface area (Å²) >= 11 is 1.56. The van der Waals surface area contributed by atoms with Gasteiger partial charge in [0.1, 0.15) is 5.00 Å². The summed E-state index contributed by atoms with van der Waals surface area (Å²) in [5.74, 6) is 0.284. The Kier molecular flexibility index (Phi) is 7.16. The molecule has 3 rings (SSSR count). The van der Waals surface area contributed by atoms with Crippen LogP contribution < -0.4 is 5.32 Å². The van der Waals surface area contributed by atoms with E-state index >= 15 is 0 Å². The highest BCUT2D eigenvalue weighted by molar-refractivity contribution is 7.17. The number of nitrogens with zero attached hydrogens (tertiary/aromatic N) is 1. The van der Waals surface area contributed by atoms with Crippen LogP contribution >= 0.6 is 11.3 Å². The Bertz CT molecular complexity index is 959. The molecule has 1 N–H and O–H groups in total. The van der Waals surface area contributed by atoms with E-state index in [0.29, 0.717) is 35.1 Å². The van der Waals surface area contributed by atoms with Crippen molar-refractivity contribution in [2.45, 2.75) is 40.0 Å². The molecule has 2 aromatic rings. The summed E-state index contributed by atoms with van der Waals surface area (Å²) < 4.78 is 0. The largest absolute Gasteiger partial charge is 0.331 e. The normalized spacial score (nSPS) is 15.6. The molecule has 1 aromatic heterocycles. The van der Waals surface area contributed by atoms with Gasteiger partial charge in [0, 0.05) is 23.5 Å². The highest BCUT2D eigenvalue weighted by Gasteiger charge is 2.35. The summed E-state index contributed by atoms with van der Waals surface area (Å²) in [7, 11) is 0. The van der Waals surface area contributed by atoms with Gasteiger partial charge in [-0.1, -0.05) is 51.1 Å². The molecule has 0 fully saturated rings. The lowest BCUT2D eigenvalue weighted by molar-refractivity contribution is 0.0790. The van der Waals surface area contributed by atoms with Crippen molar-refractivity contribution in [2.75, 3.05) is 18.4 Å². The van der Waals surface area contributed by atoms with E-state index in [9.17, 15) is 9.59 Å². The summed E-state index contributed by atoms with van der Waals surface area (Å²) in [6.07, 6.45) is 6.28. The molecule has 164 valence electrons. The number of thiophene rings is 1. The summed E-state index contributed by atoms with van der Waals surface area (Å²) in [6.45, 7) is 15.3. The maximum Gasteiger partial charge on any atom is 0.257 e. The molecule has 5 heteroatoms. The Morgan fingerprint density at radius 2 is 1.81 bits per heavy atom. The van der Waals surface area contributed by atoms with Crippen molar-refractivity contribution in [1.29, 1.82) is 0 Å². The van der Waals surface area contributed by atoms with Crippen LogP contribution in [0.2, 0.25) is 0 Å². The second-order valence-corrected chi connectivity index (χ2v) is 10.2. The lowest BCUT2D eigenvalue weighted by atomic mass is 9.72. The van der Waals surface area contributed by atoms with Gasteiger partial charge in [0.25, 0.3) is 11.8 Å². The first-order chi connectivity index (χ1) is 14.8. The summed E-state index contributed by atoms with van der Waals surface area (Å²) in [5, 5.41) is 3.69. The van der Waals surface area contributed by atoms with Crippen LogP contribution in [-0.2, 0) is 12.8 Å². The monoisotopic (exact) mass is 436 g/mol.